The number of methoxy groups -OCH3 is 1. The molecular weight excluding hydrogens is 680 g/mol. The number of nitrogens with zero attached hydrogens (tertiary/aromatic N) is 1. The van der Waals surface area contributed by atoms with Gasteiger partial charge in [0.05, 0.1) is 9.35 Å². The van der Waals surface area contributed by atoms with Crippen molar-refractivity contribution in [2.45, 2.75) is 50.8 Å². The Morgan fingerprint density at radius 3 is 2.46 bits per heavy atom. The molecule has 12 heteroatoms. The monoisotopic (exact) mass is 708 g/mol. The number of carboxylic acid groups (broad SMARTS) is 2. The number of benzene rings is 2. The smallest absolute Gasteiger partial charge is 0.349 e. The Labute approximate surface area is 258 Å². The summed E-state index contributed by atoms with van der Waals surface area (Å²) in [5.41, 5.74) is 2.34. The highest BCUT2D eigenvalue weighted by Gasteiger charge is 2.30. The van der Waals surface area contributed by atoms with Crippen LogP contribution in [0.3, 0.4) is 0 Å². The van der Waals surface area contributed by atoms with Gasteiger partial charge in [0.15, 0.2) is 17.2 Å². The van der Waals surface area contributed by atoms with Gasteiger partial charge in [0.1, 0.15) is 6.23 Å². The lowest BCUT2D eigenvalue weighted by molar-refractivity contribution is -0.139. The molecular formula is C29H30Br2N2O7S. The van der Waals surface area contributed by atoms with Gasteiger partial charge < -0.3 is 25.0 Å². The first-order valence-electron chi connectivity index (χ1n) is 13.1. The molecule has 9 nitrogen and oxygen atoms in total. The molecule has 3 N–H and O–H groups in total. The van der Waals surface area contributed by atoms with Gasteiger partial charge in [-0.25, -0.2) is 14.4 Å². The molecule has 1 heterocycles. The zero-order chi connectivity index (χ0) is 29.5. The summed E-state index contributed by atoms with van der Waals surface area (Å²) >= 11 is 7.88. The van der Waals surface area contributed by atoms with Crippen molar-refractivity contribution in [1.29, 1.82) is 0 Å². The number of carbonyl (C=O) groups excluding carboxylic acids is 1. The van der Waals surface area contributed by atoms with Crippen LogP contribution in [-0.2, 0) is 16.0 Å². The summed E-state index contributed by atoms with van der Waals surface area (Å²) in [7, 11) is 1.56. The Kier molecular flexibility index (Phi) is 10.8. The number of aliphatic carboxylic acids is 1. The van der Waals surface area contributed by atoms with Crippen molar-refractivity contribution in [3.63, 3.8) is 0 Å². The number of nitrogens with one attached hydrogen (secondary N) is 1. The van der Waals surface area contributed by atoms with Crippen LogP contribution in [0.15, 0.2) is 57.5 Å². The number of carboxylic acids is 2. The van der Waals surface area contributed by atoms with Crippen LogP contribution < -0.4 is 15.0 Å². The van der Waals surface area contributed by atoms with E-state index in [-0.39, 0.29) is 22.7 Å². The minimum atomic E-state index is -1.22. The topological polar surface area (TPSA) is 125 Å². The number of halogens is 2. The van der Waals surface area contributed by atoms with Crippen molar-refractivity contribution in [2.24, 2.45) is 0 Å². The minimum Gasteiger partial charge on any atom is -0.479 e. The van der Waals surface area contributed by atoms with Crippen molar-refractivity contribution >= 4 is 66.9 Å². The first kappa shape index (κ1) is 31.0. The fraction of sp³-hybridized carbons (Fsp3) is 0.345. The molecule has 0 spiro atoms. The molecule has 0 aliphatic heterocycles. The first-order valence-corrected chi connectivity index (χ1v) is 15.5. The molecule has 2 aromatic carbocycles. The van der Waals surface area contributed by atoms with Gasteiger partial charge in [-0.05, 0) is 64.2 Å². The lowest BCUT2D eigenvalue weighted by Crippen LogP contribution is -2.51. The molecule has 2 amide bonds. The van der Waals surface area contributed by atoms with E-state index in [1.54, 1.807) is 12.0 Å². The molecule has 1 aliphatic rings. The molecule has 4 rings (SSSR count). The summed E-state index contributed by atoms with van der Waals surface area (Å²) in [5, 5.41) is 21.8. The quantitative estimate of drug-likeness (QED) is 0.180. The summed E-state index contributed by atoms with van der Waals surface area (Å²) in [4.78, 5) is 39.0. The third-order valence-corrected chi connectivity index (χ3v) is 9.49. The van der Waals surface area contributed by atoms with Crippen LogP contribution in [0.5, 0.6) is 5.75 Å². The molecule has 218 valence electrons. The van der Waals surface area contributed by atoms with Gasteiger partial charge in [-0.2, -0.15) is 0 Å². The summed E-state index contributed by atoms with van der Waals surface area (Å²) in [6.45, 7) is -0.675. The predicted molar refractivity (Wildman–Crippen MR) is 164 cm³/mol. The highest BCUT2D eigenvalue weighted by molar-refractivity contribution is 9.11. The van der Waals surface area contributed by atoms with Crippen LogP contribution in [0.2, 0.25) is 0 Å². The van der Waals surface area contributed by atoms with Gasteiger partial charge in [-0.15, -0.1) is 11.3 Å². The van der Waals surface area contributed by atoms with Crippen molar-refractivity contribution in [1.82, 2.24) is 5.32 Å². The molecule has 1 fully saturated rings. The van der Waals surface area contributed by atoms with Gasteiger partial charge >= 0.3 is 18.0 Å². The van der Waals surface area contributed by atoms with E-state index < -0.39 is 24.8 Å². The molecule has 1 unspecified atom stereocenters. The van der Waals surface area contributed by atoms with Gasteiger partial charge in [0.2, 0.25) is 0 Å². The molecule has 1 atom stereocenters. The van der Waals surface area contributed by atoms with E-state index in [1.165, 1.54) is 0 Å². The van der Waals surface area contributed by atoms with Crippen molar-refractivity contribution in [3.05, 3.63) is 67.9 Å². The number of carbonyl (C=O) groups is 3. The molecule has 0 saturated heterocycles. The summed E-state index contributed by atoms with van der Waals surface area (Å²) in [6, 6.07) is 14.9. The van der Waals surface area contributed by atoms with Crippen LogP contribution in [0.25, 0.3) is 10.4 Å². The number of urea groups is 1. The summed E-state index contributed by atoms with van der Waals surface area (Å²) < 4.78 is 12.2. The minimum absolute atomic E-state index is 0.0156. The molecule has 3 aromatic rings. The Bertz CT molecular complexity index is 1410. The van der Waals surface area contributed by atoms with Gasteiger partial charge in [-0.1, -0.05) is 59.5 Å². The average Bonchev–Trinajstić information content (AvgIpc) is 3.28. The lowest BCUT2D eigenvalue weighted by Gasteiger charge is -2.35. The van der Waals surface area contributed by atoms with Crippen LogP contribution in [-0.4, -0.2) is 54.2 Å². The zero-order valence-electron chi connectivity index (χ0n) is 22.3. The molecule has 1 saturated carbocycles. The average molecular weight is 710 g/mol. The van der Waals surface area contributed by atoms with E-state index in [1.807, 2.05) is 48.5 Å². The molecule has 1 aliphatic carbocycles. The highest BCUT2D eigenvalue weighted by Crippen LogP contribution is 2.46. The van der Waals surface area contributed by atoms with Crippen LogP contribution in [0.1, 0.15) is 47.3 Å². The standard InChI is InChI=1S/C29H30Br2N2O7S/c1-39-22(14-17-7-5-9-19(30)13-17)32-29(38)33(20-10-3-2-4-11-20)21-12-6-8-18(15-21)26-24(31)25(40-16-23(34)35)27(41-26)28(36)37/h5-9,12-13,15,20,22H,2-4,10-11,14,16H2,1H3,(H,32,38)(H,34,35)(H,36,37). The number of amides is 2. The maximum absolute atomic E-state index is 13.8. The zero-order valence-corrected chi connectivity index (χ0v) is 26.3. The number of hydrogen-bond acceptors (Lipinski definition) is 6. The second-order valence-corrected chi connectivity index (χ2v) is 12.3. The second-order valence-electron chi connectivity index (χ2n) is 9.61. The Morgan fingerprint density at radius 2 is 1.80 bits per heavy atom. The first-order chi connectivity index (χ1) is 19.7. The summed E-state index contributed by atoms with van der Waals surface area (Å²) in [5.74, 6) is -2.48. The lowest BCUT2D eigenvalue weighted by atomic mass is 9.93. The second kappa shape index (κ2) is 14.3. The maximum atomic E-state index is 13.8. The summed E-state index contributed by atoms with van der Waals surface area (Å²) in [6.07, 6.45) is 4.81. The van der Waals surface area contributed by atoms with Crippen LogP contribution >= 0.6 is 43.2 Å². The van der Waals surface area contributed by atoms with Gasteiger partial charge in [0.25, 0.3) is 0 Å². The fourth-order valence-electron chi connectivity index (χ4n) is 4.89. The number of rotatable bonds is 11. The Balaban J connectivity index is 1.66. The van der Waals surface area contributed by atoms with E-state index in [0.29, 0.717) is 27.0 Å². The molecule has 0 bridgehead atoms. The van der Waals surface area contributed by atoms with E-state index in [9.17, 15) is 19.5 Å². The number of thiophene rings is 1. The van der Waals surface area contributed by atoms with E-state index in [0.717, 1.165) is 53.5 Å². The number of anilines is 1. The van der Waals surface area contributed by atoms with Crippen LogP contribution in [0, 0.1) is 0 Å². The maximum Gasteiger partial charge on any atom is 0.349 e. The third kappa shape index (κ3) is 7.88. The van der Waals surface area contributed by atoms with Gasteiger partial charge in [-0.3, -0.25) is 4.90 Å². The largest absolute Gasteiger partial charge is 0.479 e. The van der Waals surface area contributed by atoms with E-state index in [4.69, 9.17) is 14.6 Å². The van der Waals surface area contributed by atoms with Crippen molar-refractivity contribution in [2.75, 3.05) is 18.6 Å². The fourth-order valence-corrected chi connectivity index (χ4v) is 7.23. The number of ether oxygens (including phenoxy) is 2. The molecule has 0 radical (unpaired) electrons. The molecule has 1 aromatic heterocycles. The van der Waals surface area contributed by atoms with E-state index >= 15 is 0 Å². The van der Waals surface area contributed by atoms with Gasteiger partial charge in [0, 0.05) is 29.7 Å². The normalized spacial score (nSPS) is 14.3. The number of hydrogen-bond donors (Lipinski definition) is 3. The van der Waals surface area contributed by atoms with Crippen LogP contribution in [0.4, 0.5) is 10.5 Å². The van der Waals surface area contributed by atoms with E-state index in [2.05, 4.69) is 37.2 Å². The predicted octanol–water partition coefficient (Wildman–Crippen LogP) is 7.17. The van der Waals surface area contributed by atoms with Crippen molar-refractivity contribution < 1.29 is 34.1 Å². The van der Waals surface area contributed by atoms with Crippen molar-refractivity contribution in [3.8, 4) is 16.2 Å². The number of aromatic carboxylic acids is 1. The molecule has 41 heavy (non-hydrogen) atoms. The highest BCUT2D eigenvalue weighted by atomic mass is 79.9. The Morgan fingerprint density at radius 1 is 1.07 bits per heavy atom. The third-order valence-electron chi connectivity index (χ3n) is 6.77. The Hall–Kier alpha value is -2.93. The SMILES string of the molecule is COC(Cc1cccc(Br)c1)NC(=O)N(c1cccc(-c2sc(C(=O)O)c(OCC(=O)O)c2Br)c1)C1CCCCC1.